The Morgan fingerprint density at radius 3 is 2.38 bits per heavy atom. The summed E-state index contributed by atoms with van der Waals surface area (Å²) in [7, 11) is 1.67. The normalized spacial score (nSPS) is 10.3. The van der Waals surface area contributed by atoms with Crippen LogP contribution in [-0.4, -0.2) is 48.3 Å². The van der Waals surface area contributed by atoms with Crippen LogP contribution in [0.3, 0.4) is 0 Å². The molecule has 1 aromatic rings. The molecule has 0 aliphatic heterocycles. The molecule has 116 valence electrons. The van der Waals surface area contributed by atoms with Gasteiger partial charge in [0.05, 0.1) is 6.54 Å². The van der Waals surface area contributed by atoms with Crippen LogP contribution in [0.1, 0.15) is 25.8 Å². The van der Waals surface area contributed by atoms with Gasteiger partial charge in [0.25, 0.3) is 0 Å². The van der Waals surface area contributed by atoms with Crippen LogP contribution in [0.15, 0.2) is 24.3 Å². The highest BCUT2D eigenvalue weighted by molar-refractivity contribution is 6.30. The van der Waals surface area contributed by atoms with Crippen molar-refractivity contribution in [3.63, 3.8) is 0 Å². The third-order valence-electron chi connectivity index (χ3n) is 3.43. The molecular weight excluding hydrogens is 288 g/mol. The van der Waals surface area contributed by atoms with Crippen molar-refractivity contribution in [2.45, 2.75) is 26.7 Å². The van der Waals surface area contributed by atoms with Gasteiger partial charge in [-0.15, -0.1) is 0 Å². The van der Waals surface area contributed by atoms with E-state index in [1.807, 2.05) is 38.1 Å². The fraction of sp³-hybridized carbons (Fsp3) is 0.500. The lowest BCUT2D eigenvalue weighted by Gasteiger charge is -2.23. The molecule has 4 nitrogen and oxygen atoms in total. The summed E-state index contributed by atoms with van der Waals surface area (Å²) in [4.78, 5) is 27.2. The Morgan fingerprint density at radius 2 is 1.81 bits per heavy atom. The number of carbonyl (C=O) groups is 2. The Kier molecular flexibility index (Phi) is 7.23. The molecule has 0 saturated heterocycles. The van der Waals surface area contributed by atoms with Gasteiger partial charge in [-0.05, 0) is 38.0 Å². The van der Waals surface area contributed by atoms with Crippen molar-refractivity contribution in [2.75, 3.05) is 26.7 Å². The average Bonchev–Trinajstić information content (AvgIpc) is 2.46. The lowest BCUT2D eigenvalue weighted by molar-refractivity contribution is -0.139. The quantitative estimate of drug-likeness (QED) is 0.776. The minimum atomic E-state index is -0.0320. The standard InChI is InChI=1S/C16H23ClN2O2/c1-4-19(5-2)16(21)12-18(3)15(20)10-9-13-7-6-8-14(17)11-13/h6-8,11H,4-5,9-10,12H2,1-3H3. The highest BCUT2D eigenvalue weighted by Crippen LogP contribution is 2.12. The number of benzene rings is 1. The predicted octanol–water partition coefficient (Wildman–Crippen LogP) is 2.60. The molecule has 1 aromatic carbocycles. The summed E-state index contributed by atoms with van der Waals surface area (Å²) < 4.78 is 0. The lowest BCUT2D eigenvalue weighted by atomic mass is 10.1. The predicted molar refractivity (Wildman–Crippen MR) is 85.3 cm³/mol. The highest BCUT2D eigenvalue weighted by Gasteiger charge is 2.16. The Labute approximate surface area is 131 Å². The molecule has 0 bridgehead atoms. The molecule has 0 unspecified atom stereocenters. The number of likely N-dealkylation sites (N-methyl/N-ethyl adjacent to an activating group) is 2. The smallest absolute Gasteiger partial charge is 0.242 e. The molecule has 0 fully saturated rings. The summed E-state index contributed by atoms with van der Waals surface area (Å²) >= 11 is 5.91. The van der Waals surface area contributed by atoms with Crippen LogP contribution in [-0.2, 0) is 16.0 Å². The van der Waals surface area contributed by atoms with Gasteiger partial charge in [0, 0.05) is 31.6 Å². The van der Waals surface area contributed by atoms with E-state index in [9.17, 15) is 9.59 Å². The molecule has 0 aromatic heterocycles. The molecule has 0 atom stereocenters. The van der Waals surface area contributed by atoms with Gasteiger partial charge in [-0.2, -0.15) is 0 Å². The number of nitrogens with zero attached hydrogens (tertiary/aromatic N) is 2. The fourth-order valence-electron chi connectivity index (χ4n) is 2.10. The van der Waals surface area contributed by atoms with Crippen molar-refractivity contribution in [2.24, 2.45) is 0 Å². The highest BCUT2D eigenvalue weighted by atomic mass is 35.5. The molecule has 0 heterocycles. The zero-order valence-electron chi connectivity index (χ0n) is 12.9. The van der Waals surface area contributed by atoms with Crippen molar-refractivity contribution in [1.82, 2.24) is 9.80 Å². The Balaban J connectivity index is 2.46. The van der Waals surface area contributed by atoms with Gasteiger partial charge in [-0.1, -0.05) is 23.7 Å². The van der Waals surface area contributed by atoms with E-state index in [4.69, 9.17) is 11.6 Å². The molecule has 21 heavy (non-hydrogen) atoms. The first-order valence-electron chi connectivity index (χ1n) is 7.24. The topological polar surface area (TPSA) is 40.6 Å². The van der Waals surface area contributed by atoms with Gasteiger partial charge in [0.1, 0.15) is 0 Å². The molecule has 0 aliphatic rings. The van der Waals surface area contributed by atoms with Crippen molar-refractivity contribution < 1.29 is 9.59 Å². The first-order valence-corrected chi connectivity index (χ1v) is 7.61. The third kappa shape index (κ3) is 5.76. The first-order chi connectivity index (χ1) is 9.97. The summed E-state index contributed by atoms with van der Waals surface area (Å²) in [6, 6.07) is 7.48. The Bertz CT molecular complexity index is 487. The molecule has 2 amide bonds. The summed E-state index contributed by atoms with van der Waals surface area (Å²) in [6.45, 7) is 5.33. The number of halogens is 1. The lowest BCUT2D eigenvalue weighted by Crippen LogP contribution is -2.41. The summed E-state index contributed by atoms with van der Waals surface area (Å²) in [5.41, 5.74) is 1.03. The second-order valence-corrected chi connectivity index (χ2v) is 5.38. The van der Waals surface area contributed by atoms with Gasteiger partial charge in [0.15, 0.2) is 0 Å². The van der Waals surface area contributed by atoms with E-state index < -0.39 is 0 Å². The van der Waals surface area contributed by atoms with Crippen molar-refractivity contribution >= 4 is 23.4 Å². The van der Waals surface area contributed by atoms with E-state index in [2.05, 4.69) is 0 Å². The molecule has 5 heteroatoms. The minimum absolute atomic E-state index is 0.0152. The number of rotatable bonds is 7. The van der Waals surface area contributed by atoms with Crippen LogP contribution >= 0.6 is 11.6 Å². The Hall–Kier alpha value is -1.55. The van der Waals surface area contributed by atoms with E-state index in [1.165, 1.54) is 4.90 Å². The second kappa shape index (κ2) is 8.67. The van der Waals surface area contributed by atoms with Crippen LogP contribution in [0.4, 0.5) is 0 Å². The molecule has 0 saturated carbocycles. The van der Waals surface area contributed by atoms with Crippen molar-refractivity contribution in [3.8, 4) is 0 Å². The van der Waals surface area contributed by atoms with E-state index in [0.29, 0.717) is 31.0 Å². The molecule has 1 rings (SSSR count). The number of amides is 2. The minimum Gasteiger partial charge on any atom is -0.342 e. The number of aryl methyl sites for hydroxylation is 1. The maximum Gasteiger partial charge on any atom is 0.242 e. The molecule has 0 aliphatic carbocycles. The first kappa shape index (κ1) is 17.5. The van der Waals surface area contributed by atoms with Gasteiger partial charge >= 0.3 is 0 Å². The van der Waals surface area contributed by atoms with E-state index in [0.717, 1.165) is 5.56 Å². The van der Waals surface area contributed by atoms with E-state index in [1.54, 1.807) is 11.9 Å². The SMILES string of the molecule is CCN(CC)C(=O)CN(C)C(=O)CCc1cccc(Cl)c1. The number of hydrogen-bond donors (Lipinski definition) is 0. The fourth-order valence-corrected chi connectivity index (χ4v) is 2.31. The molecular formula is C16H23ClN2O2. The molecule has 0 spiro atoms. The van der Waals surface area contributed by atoms with Gasteiger partial charge in [0.2, 0.25) is 11.8 Å². The van der Waals surface area contributed by atoms with Crippen molar-refractivity contribution in [1.29, 1.82) is 0 Å². The van der Waals surface area contributed by atoms with Crippen LogP contribution in [0.5, 0.6) is 0 Å². The number of hydrogen-bond acceptors (Lipinski definition) is 2. The summed E-state index contributed by atoms with van der Waals surface area (Å²) in [5.74, 6) is -0.0471. The van der Waals surface area contributed by atoms with Gasteiger partial charge < -0.3 is 9.80 Å². The van der Waals surface area contributed by atoms with Crippen molar-refractivity contribution in [3.05, 3.63) is 34.9 Å². The summed E-state index contributed by atoms with van der Waals surface area (Å²) in [6.07, 6.45) is 1.01. The average molecular weight is 311 g/mol. The van der Waals surface area contributed by atoms with Crippen LogP contribution < -0.4 is 0 Å². The Morgan fingerprint density at radius 1 is 1.14 bits per heavy atom. The largest absolute Gasteiger partial charge is 0.342 e. The van der Waals surface area contributed by atoms with Gasteiger partial charge in [-0.25, -0.2) is 0 Å². The number of carbonyl (C=O) groups excluding carboxylic acids is 2. The molecule has 0 radical (unpaired) electrons. The zero-order valence-corrected chi connectivity index (χ0v) is 13.7. The second-order valence-electron chi connectivity index (χ2n) is 4.95. The van der Waals surface area contributed by atoms with E-state index >= 15 is 0 Å². The van der Waals surface area contributed by atoms with Gasteiger partial charge in [-0.3, -0.25) is 9.59 Å². The maximum atomic E-state index is 12.1. The van der Waals surface area contributed by atoms with Crippen LogP contribution in [0.25, 0.3) is 0 Å². The van der Waals surface area contributed by atoms with Crippen LogP contribution in [0, 0.1) is 0 Å². The third-order valence-corrected chi connectivity index (χ3v) is 3.67. The van der Waals surface area contributed by atoms with E-state index in [-0.39, 0.29) is 18.4 Å². The monoisotopic (exact) mass is 310 g/mol. The maximum absolute atomic E-state index is 12.1. The molecule has 0 N–H and O–H groups in total. The summed E-state index contributed by atoms with van der Waals surface area (Å²) in [5, 5.41) is 0.671. The zero-order chi connectivity index (χ0) is 15.8. The van der Waals surface area contributed by atoms with Crippen LogP contribution in [0.2, 0.25) is 5.02 Å².